The van der Waals surface area contributed by atoms with Crippen molar-refractivity contribution in [3.8, 4) is 0 Å². The summed E-state index contributed by atoms with van der Waals surface area (Å²) in [5.41, 5.74) is 0.796. The minimum atomic E-state index is -4.47. The van der Waals surface area contributed by atoms with E-state index in [0.29, 0.717) is 0 Å². The SMILES string of the molecule is CC(=O)OC[C@@H](OC(C)=O)[C@H]1OC(OC(C)=O)[C@H](OC(C)=O)[C@H]1OS(=O)(=O)c1ccc(C)cc1. The highest BCUT2D eigenvalue weighted by Crippen LogP contribution is 2.33. The zero-order valence-corrected chi connectivity index (χ0v) is 20.0. The summed E-state index contributed by atoms with van der Waals surface area (Å²) >= 11 is 0. The van der Waals surface area contributed by atoms with Gasteiger partial charge < -0.3 is 23.7 Å². The van der Waals surface area contributed by atoms with Crippen molar-refractivity contribution >= 4 is 34.0 Å². The summed E-state index contributed by atoms with van der Waals surface area (Å²) in [6.45, 7) is 5.51. The van der Waals surface area contributed by atoms with Gasteiger partial charge in [0.15, 0.2) is 18.3 Å². The maximum Gasteiger partial charge on any atom is 0.305 e. The fourth-order valence-electron chi connectivity index (χ4n) is 3.15. The number of hydrogen-bond donors (Lipinski definition) is 0. The van der Waals surface area contributed by atoms with Gasteiger partial charge >= 0.3 is 23.9 Å². The molecule has 1 aromatic carbocycles. The van der Waals surface area contributed by atoms with E-state index in [1.807, 2.05) is 0 Å². The van der Waals surface area contributed by atoms with E-state index in [2.05, 4.69) is 0 Å². The third kappa shape index (κ3) is 7.50. The summed E-state index contributed by atoms with van der Waals surface area (Å²) < 4.78 is 57.3. The molecule has 0 spiro atoms. The Morgan fingerprint density at radius 3 is 1.97 bits per heavy atom. The Labute approximate surface area is 196 Å². The monoisotopic (exact) mass is 502 g/mol. The summed E-state index contributed by atoms with van der Waals surface area (Å²) in [6.07, 6.45) is -7.66. The van der Waals surface area contributed by atoms with Gasteiger partial charge in [0.05, 0.1) is 4.90 Å². The van der Waals surface area contributed by atoms with Gasteiger partial charge in [0.25, 0.3) is 10.1 Å². The number of esters is 4. The Morgan fingerprint density at radius 1 is 0.882 bits per heavy atom. The van der Waals surface area contributed by atoms with Crippen LogP contribution in [0.3, 0.4) is 0 Å². The Kier molecular flexibility index (Phi) is 9.13. The van der Waals surface area contributed by atoms with Crippen LogP contribution in [-0.2, 0) is 57.2 Å². The maximum absolute atomic E-state index is 13.0. The average Bonchev–Trinajstić information content (AvgIpc) is 3.00. The van der Waals surface area contributed by atoms with Gasteiger partial charge in [-0.2, -0.15) is 8.42 Å². The molecule has 0 aliphatic carbocycles. The molecule has 1 heterocycles. The van der Waals surface area contributed by atoms with E-state index in [1.54, 1.807) is 19.1 Å². The number of benzene rings is 1. The topological polar surface area (TPSA) is 158 Å². The number of carbonyl (C=O) groups is 4. The van der Waals surface area contributed by atoms with Crippen LogP contribution in [0.1, 0.15) is 33.3 Å². The fraction of sp³-hybridized carbons (Fsp3) is 0.524. The molecule has 12 nitrogen and oxygen atoms in total. The minimum Gasteiger partial charge on any atom is -0.462 e. The van der Waals surface area contributed by atoms with Crippen LogP contribution in [0, 0.1) is 6.92 Å². The molecular formula is C21H26O12S. The Morgan fingerprint density at radius 2 is 1.47 bits per heavy atom. The van der Waals surface area contributed by atoms with Crippen molar-refractivity contribution in [2.24, 2.45) is 0 Å². The number of aryl methyl sites for hydroxylation is 1. The van der Waals surface area contributed by atoms with Crippen LogP contribution in [0.2, 0.25) is 0 Å². The van der Waals surface area contributed by atoms with Crippen LogP contribution in [0.5, 0.6) is 0 Å². The molecule has 1 aliphatic heterocycles. The standard InChI is InChI=1S/C21H26O12S/c1-11-6-8-16(9-7-11)34(26,27)33-19-18(17(29-13(3)23)10-28-12(2)22)32-21(31-15(5)25)20(19)30-14(4)24/h6-9,17-21H,10H2,1-5H3/t17-,18-,19+,20-,21?/m1/s1. The first kappa shape index (κ1) is 27.2. The second-order valence-corrected chi connectivity index (χ2v) is 9.00. The highest BCUT2D eigenvalue weighted by molar-refractivity contribution is 7.86. The molecule has 0 bridgehead atoms. The largest absolute Gasteiger partial charge is 0.462 e. The van der Waals surface area contributed by atoms with Gasteiger partial charge in [0.1, 0.15) is 12.7 Å². The van der Waals surface area contributed by atoms with Crippen LogP contribution in [0.25, 0.3) is 0 Å². The first-order valence-electron chi connectivity index (χ1n) is 10.1. The number of carbonyl (C=O) groups excluding carboxylic acids is 4. The highest BCUT2D eigenvalue weighted by Gasteiger charge is 2.55. The van der Waals surface area contributed by atoms with Gasteiger partial charge in [-0.05, 0) is 19.1 Å². The minimum absolute atomic E-state index is 0.210. The Balaban J connectivity index is 2.50. The van der Waals surface area contributed by atoms with Crippen molar-refractivity contribution in [3.05, 3.63) is 29.8 Å². The predicted molar refractivity (Wildman–Crippen MR) is 111 cm³/mol. The molecule has 1 unspecified atom stereocenters. The lowest BCUT2D eigenvalue weighted by atomic mass is 10.1. The van der Waals surface area contributed by atoms with E-state index < -0.39 is 71.3 Å². The van der Waals surface area contributed by atoms with Crippen LogP contribution >= 0.6 is 0 Å². The van der Waals surface area contributed by atoms with Crippen LogP contribution in [0.15, 0.2) is 29.2 Å². The normalized spacial score (nSPS) is 23.0. The molecule has 1 aliphatic rings. The molecule has 5 atom stereocenters. The van der Waals surface area contributed by atoms with E-state index in [0.717, 1.165) is 33.3 Å². The molecule has 1 aromatic rings. The Bertz CT molecular complexity index is 1020. The van der Waals surface area contributed by atoms with Crippen molar-refractivity contribution in [3.63, 3.8) is 0 Å². The van der Waals surface area contributed by atoms with E-state index in [-0.39, 0.29) is 4.90 Å². The summed E-state index contributed by atoms with van der Waals surface area (Å²) in [5, 5.41) is 0. The summed E-state index contributed by atoms with van der Waals surface area (Å²) in [5.74, 6) is -3.20. The second kappa shape index (κ2) is 11.4. The van der Waals surface area contributed by atoms with Crippen molar-refractivity contribution in [1.29, 1.82) is 0 Å². The van der Waals surface area contributed by atoms with E-state index >= 15 is 0 Å². The van der Waals surface area contributed by atoms with Gasteiger partial charge in [-0.25, -0.2) is 0 Å². The third-order valence-corrected chi connectivity index (χ3v) is 5.80. The van der Waals surface area contributed by atoms with Gasteiger partial charge in [-0.1, -0.05) is 17.7 Å². The molecule has 0 amide bonds. The second-order valence-electron chi connectivity index (χ2n) is 7.43. The molecule has 1 saturated heterocycles. The number of rotatable bonds is 9. The highest BCUT2D eigenvalue weighted by atomic mass is 32.2. The lowest BCUT2D eigenvalue weighted by molar-refractivity contribution is -0.203. The fourth-order valence-corrected chi connectivity index (χ4v) is 4.24. The van der Waals surface area contributed by atoms with E-state index in [9.17, 15) is 27.6 Å². The lowest BCUT2D eigenvalue weighted by Crippen LogP contribution is -2.47. The van der Waals surface area contributed by atoms with Crippen molar-refractivity contribution in [2.45, 2.75) is 70.2 Å². The third-order valence-electron chi connectivity index (χ3n) is 4.47. The molecular weight excluding hydrogens is 476 g/mol. The first-order valence-corrected chi connectivity index (χ1v) is 11.5. The van der Waals surface area contributed by atoms with Gasteiger partial charge in [-0.3, -0.25) is 23.4 Å². The number of ether oxygens (including phenoxy) is 5. The summed E-state index contributed by atoms with van der Waals surface area (Å²) in [7, 11) is -4.47. The summed E-state index contributed by atoms with van der Waals surface area (Å²) in [4.78, 5) is 46.1. The van der Waals surface area contributed by atoms with Gasteiger partial charge in [0, 0.05) is 27.7 Å². The molecule has 13 heteroatoms. The maximum atomic E-state index is 13.0. The average molecular weight is 502 g/mol. The zero-order chi connectivity index (χ0) is 25.6. The van der Waals surface area contributed by atoms with Gasteiger partial charge in [-0.15, -0.1) is 0 Å². The van der Waals surface area contributed by atoms with E-state index in [4.69, 9.17) is 27.9 Å². The molecule has 0 saturated carbocycles. The quantitative estimate of drug-likeness (QED) is 0.266. The molecule has 1 fully saturated rings. The summed E-state index contributed by atoms with van der Waals surface area (Å²) in [6, 6.07) is 5.71. The van der Waals surface area contributed by atoms with Crippen molar-refractivity contribution in [1.82, 2.24) is 0 Å². The molecule has 34 heavy (non-hydrogen) atoms. The smallest absolute Gasteiger partial charge is 0.305 e. The first-order chi connectivity index (χ1) is 15.8. The van der Waals surface area contributed by atoms with Gasteiger partial charge in [0.2, 0.25) is 6.29 Å². The predicted octanol–water partition coefficient (Wildman–Crippen LogP) is 0.783. The molecule has 188 valence electrons. The molecule has 0 aromatic heterocycles. The van der Waals surface area contributed by atoms with Crippen molar-refractivity contribution < 1.29 is 55.5 Å². The van der Waals surface area contributed by atoms with Crippen LogP contribution in [-0.4, -0.2) is 69.6 Å². The number of hydrogen-bond acceptors (Lipinski definition) is 12. The molecule has 0 N–H and O–H groups in total. The van der Waals surface area contributed by atoms with Crippen LogP contribution in [0.4, 0.5) is 0 Å². The van der Waals surface area contributed by atoms with Crippen molar-refractivity contribution in [2.75, 3.05) is 6.61 Å². The zero-order valence-electron chi connectivity index (χ0n) is 19.2. The Hall–Kier alpha value is -3.03. The van der Waals surface area contributed by atoms with Crippen LogP contribution < -0.4 is 0 Å². The molecule has 0 radical (unpaired) electrons. The molecule has 2 rings (SSSR count). The lowest BCUT2D eigenvalue weighted by Gasteiger charge is -2.27. The van der Waals surface area contributed by atoms with E-state index in [1.165, 1.54) is 12.1 Å².